The molecule has 0 aromatic heterocycles. The van der Waals surface area contributed by atoms with Crippen molar-refractivity contribution in [3.05, 3.63) is 29.3 Å². The minimum Gasteiger partial charge on any atom is -0.324 e. The molecule has 7 nitrogen and oxygen atoms in total. The Morgan fingerprint density at radius 3 is 2.04 bits per heavy atom. The fourth-order valence-electron chi connectivity index (χ4n) is 2.48. The average molecular weight is 317 g/mol. The van der Waals surface area contributed by atoms with Crippen molar-refractivity contribution in [2.45, 2.75) is 26.7 Å². The lowest BCUT2D eigenvalue weighted by atomic mass is 10.0. The lowest BCUT2D eigenvalue weighted by molar-refractivity contribution is -0.143. The van der Waals surface area contributed by atoms with Gasteiger partial charge in [-0.1, -0.05) is 32.0 Å². The fraction of sp³-hybridized carbons (Fsp3) is 0.375. The lowest BCUT2D eigenvalue weighted by Gasteiger charge is -2.16. The molecule has 0 radical (unpaired) electrons. The number of carbonyl (C=O) groups is 4. The van der Waals surface area contributed by atoms with Gasteiger partial charge in [-0.15, -0.1) is 0 Å². The predicted octanol–water partition coefficient (Wildman–Crippen LogP) is 1.17. The molecular formula is C16H19N3O4. The number of carbonyl (C=O) groups excluding carboxylic acids is 4. The number of para-hydroxylation sites is 1. The van der Waals surface area contributed by atoms with Gasteiger partial charge < -0.3 is 5.32 Å². The standard InChI is InChI=1S/C16H19N3O4/c1-4-10-7-6-8-11(5-2)13(10)17-12(20)9-19-15(22)14(21)18(3)16(19)23/h6-8H,4-5,9H2,1-3H3,(H,17,20). The van der Waals surface area contributed by atoms with E-state index in [0.717, 1.165) is 24.0 Å². The van der Waals surface area contributed by atoms with Gasteiger partial charge in [-0.25, -0.2) is 9.69 Å². The zero-order valence-electron chi connectivity index (χ0n) is 13.4. The van der Waals surface area contributed by atoms with E-state index in [-0.39, 0.29) is 0 Å². The van der Waals surface area contributed by atoms with Gasteiger partial charge in [-0.05, 0) is 24.0 Å². The van der Waals surface area contributed by atoms with E-state index in [9.17, 15) is 19.2 Å². The van der Waals surface area contributed by atoms with Crippen LogP contribution in [0.3, 0.4) is 0 Å². The van der Waals surface area contributed by atoms with Gasteiger partial charge in [0.05, 0.1) is 0 Å². The Bertz CT molecular complexity index is 662. The number of likely N-dealkylation sites (N-methyl/N-ethyl adjacent to an activating group) is 1. The maximum atomic E-state index is 12.2. The second-order valence-corrected chi connectivity index (χ2v) is 5.24. The molecule has 1 aliphatic heterocycles. The van der Waals surface area contributed by atoms with Gasteiger partial charge in [0.25, 0.3) is 0 Å². The van der Waals surface area contributed by atoms with Crippen molar-refractivity contribution in [1.82, 2.24) is 9.80 Å². The minimum atomic E-state index is -0.979. The van der Waals surface area contributed by atoms with Gasteiger partial charge in [0.1, 0.15) is 6.54 Å². The van der Waals surface area contributed by atoms with Crippen LogP contribution in [0.2, 0.25) is 0 Å². The summed E-state index contributed by atoms with van der Waals surface area (Å²) < 4.78 is 0. The van der Waals surface area contributed by atoms with Crippen LogP contribution in [0.15, 0.2) is 18.2 Å². The molecule has 2 rings (SSSR count). The van der Waals surface area contributed by atoms with Gasteiger partial charge in [-0.3, -0.25) is 19.3 Å². The fourth-order valence-corrected chi connectivity index (χ4v) is 2.48. The van der Waals surface area contributed by atoms with Crippen molar-refractivity contribution in [2.75, 3.05) is 18.9 Å². The third kappa shape index (κ3) is 3.08. The maximum absolute atomic E-state index is 12.2. The number of benzene rings is 1. The Morgan fingerprint density at radius 2 is 1.61 bits per heavy atom. The molecular weight excluding hydrogens is 298 g/mol. The first kappa shape index (κ1) is 16.7. The number of nitrogens with zero attached hydrogens (tertiary/aromatic N) is 2. The molecule has 122 valence electrons. The highest BCUT2D eigenvalue weighted by atomic mass is 16.2. The van der Waals surface area contributed by atoms with Gasteiger partial charge >= 0.3 is 17.8 Å². The topological polar surface area (TPSA) is 86.8 Å². The highest BCUT2D eigenvalue weighted by Crippen LogP contribution is 2.22. The summed E-state index contributed by atoms with van der Waals surface area (Å²) in [5.41, 5.74) is 2.66. The SMILES string of the molecule is CCc1cccc(CC)c1NC(=O)CN1C(=O)C(=O)N(C)C1=O. The Hall–Kier alpha value is -2.70. The van der Waals surface area contributed by atoms with Crippen LogP contribution in [-0.2, 0) is 27.2 Å². The molecule has 1 aromatic carbocycles. The summed E-state index contributed by atoms with van der Waals surface area (Å²) in [7, 11) is 1.21. The first-order valence-corrected chi connectivity index (χ1v) is 7.44. The number of imide groups is 2. The van der Waals surface area contributed by atoms with E-state index < -0.39 is 30.3 Å². The number of urea groups is 1. The van der Waals surface area contributed by atoms with Crippen molar-refractivity contribution in [3.8, 4) is 0 Å². The normalized spacial score (nSPS) is 14.7. The molecule has 5 amide bonds. The van der Waals surface area contributed by atoms with Gasteiger partial charge in [-0.2, -0.15) is 0 Å². The molecule has 0 spiro atoms. The molecule has 1 saturated heterocycles. The Morgan fingerprint density at radius 1 is 1.04 bits per heavy atom. The summed E-state index contributed by atoms with van der Waals surface area (Å²) in [6, 6.07) is 4.97. The summed E-state index contributed by atoms with van der Waals surface area (Å²) in [4.78, 5) is 48.5. The monoisotopic (exact) mass is 317 g/mol. The third-order valence-electron chi connectivity index (χ3n) is 3.82. The van der Waals surface area contributed by atoms with E-state index in [1.807, 2.05) is 32.0 Å². The molecule has 1 heterocycles. The number of hydrogen-bond acceptors (Lipinski definition) is 4. The average Bonchev–Trinajstić information content (AvgIpc) is 2.73. The van der Waals surface area contributed by atoms with Crippen LogP contribution in [0.4, 0.5) is 10.5 Å². The van der Waals surface area contributed by atoms with E-state index in [4.69, 9.17) is 0 Å². The molecule has 0 aliphatic carbocycles. The van der Waals surface area contributed by atoms with Crippen molar-refractivity contribution >= 4 is 29.4 Å². The van der Waals surface area contributed by atoms with E-state index in [1.165, 1.54) is 7.05 Å². The second kappa shape index (κ2) is 6.60. The van der Waals surface area contributed by atoms with Crippen LogP contribution in [0, 0.1) is 0 Å². The number of rotatable bonds is 5. The third-order valence-corrected chi connectivity index (χ3v) is 3.82. The number of nitrogens with one attached hydrogen (secondary N) is 1. The smallest absolute Gasteiger partial charge is 0.324 e. The molecule has 0 unspecified atom stereocenters. The Labute approximate surface area is 134 Å². The van der Waals surface area contributed by atoms with Gasteiger partial charge in [0, 0.05) is 12.7 Å². The molecule has 0 bridgehead atoms. The zero-order valence-corrected chi connectivity index (χ0v) is 13.4. The van der Waals surface area contributed by atoms with Crippen LogP contribution < -0.4 is 5.32 Å². The highest BCUT2D eigenvalue weighted by Gasteiger charge is 2.43. The largest absolute Gasteiger partial charge is 0.334 e. The van der Waals surface area contributed by atoms with Crippen LogP contribution >= 0.6 is 0 Å². The summed E-state index contributed by atoms with van der Waals surface area (Å²) in [5.74, 6) is -2.41. The van der Waals surface area contributed by atoms with E-state index >= 15 is 0 Å². The first-order valence-electron chi connectivity index (χ1n) is 7.44. The molecule has 1 aromatic rings. The van der Waals surface area contributed by atoms with Crippen molar-refractivity contribution in [3.63, 3.8) is 0 Å². The second-order valence-electron chi connectivity index (χ2n) is 5.24. The quantitative estimate of drug-likeness (QED) is 0.652. The molecule has 7 heteroatoms. The number of aryl methyl sites for hydroxylation is 2. The number of amides is 5. The number of hydrogen-bond donors (Lipinski definition) is 1. The van der Waals surface area contributed by atoms with Crippen LogP contribution in [0.25, 0.3) is 0 Å². The van der Waals surface area contributed by atoms with E-state index in [0.29, 0.717) is 15.5 Å². The summed E-state index contributed by atoms with van der Waals surface area (Å²) in [5, 5.41) is 2.76. The predicted molar refractivity (Wildman–Crippen MR) is 83.7 cm³/mol. The molecule has 1 fully saturated rings. The Balaban J connectivity index is 2.16. The molecule has 23 heavy (non-hydrogen) atoms. The summed E-state index contributed by atoms with van der Waals surface area (Å²) in [6.45, 7) is 3.48. The van der Waals surface area contributed by atoms with Crippen LogP contribution in [0.5, 0.6) is 0 Å². The minimum absolute atomic E-state index is 0.477. The van der Waals surface area contributed by atoms with Gasteiger partial charge in [0.2, 0.25) is 5.91 Å². The van der Waals surface area contributed by atoms with Crippen LogP contribution in [-0.4, -0.2) is 47.1 Å². The highest BCUT2D eigenvalue weighted by molar-refractivity contribution is 6.44. The number of anilines is 1. The molecule has 0 saturated carbocycles. The molecule has 1 aliphatic rings. The van der Waals surface area contributed by atoms with E-state index in [2.05, 4.69) is 5.32 Å². The molecule has 0 atom stereocenters. The molecule has 1 N–H and O–H groups in total. The van der Waals surface area contributed by atoms with Gasteiger partial charge in [0.15, 0.2) is 0 Å². The zero-order chi connectivity index (χ0) is 17.1. The summed E-state index contributed by atoms with van der Waals surface area (Å²) in [6.07, 6.45) is 1.48. The van der Waals surface area contributed by atoms with E-state index in [1.54, 1.807) is 0 Å². The maximum Gasteiger partial charge on any atom is 0.334 e. The Kier molecular flexibility index (Phi) is 4.78. The van der Waals surface area contributed by atoms with Crippen molar-refractivity contribution < 1.29 is 19.2 Å². The summed E-state index contributed by atoms with van der Waals surface area (Å²) >= 11 is 0. The van der Waals surface area contributed by atoms with Crippen molar-refractivity contribution in [2.24, 2.45) is 0 Å². The van der Waals surface area contributed by atoms with Crippen LogP contribution in [0.1, 0.15) is 25.0 Å². The first-order chi connectivity index (χ1) is 10.9. The lowest BCUT2D eigenvalue weighted by Crippen LogP contribution is -2.38. The van der Waals surface area contributed by atoms with Crippen molar-refractivity contribution in [1.29, 1.82) is 0 Å².